The van der Waals surface area contributed by atoms with Crippen LogP contribution in [-0.2, 0) is 0 Å². The molecule has 0 bridgehead atoms. The van der Waals surface area contributed by atoms with Crippen molar-refractivity contribution < 1.29 is 9.90 Å². The van der Waals surface area contributed by atoms with Crippen molar-refractivity contribution in [1.82, 2.24) is 9.88 Å². The molecule has 1 aliphatic rings. The molecule has 1 fully saturated rings. The molecule has 0 spiro atoms. The van der Waals surface area contributed by atoms with E-state index >= 15 is 0 Å². The van der Waals surface area contributed by atoms with Crippen LogP contribution in [0.25, 0.3) is 10.8 Å². The minimum absolute atomic E-state index is 0.144. The summed E-state index contributed by atoms with van der Waals surface area (Å²) in [6.45, 7) is 1.73. The number of carboxylic acid groups (broad SMARTS) is 1. The molecule has 2 aromatic rings. The lowest BCUT2D eigenvalue weighted by Gasteiger charge is -2.19. The molecule has 1 aromatic heterocycles. The highest BCUT2D eigenvalue weighted by Crippen LogP contribution is 2.37. The third kappa shape index (κ3) is 2.49. The maximum atomic E-state index is 12.7. The third-order valence-corrected chi connectivity index (χ3v) is 4.07. The predicted octanol–water partition coefficient (Wildman–Crippen LogP) is 3.32. The van der Waals surface area contributed by atoms with Crippen molar-refractivity contribution in [3.63, 3.8) is 0 Å². The zero-order valence-corrected chi connectivity index (χ0v) is 12.2. The Balaban J connectivity index is 2.26. The molecule has 1 aromatic carbocycles. The van der Waals surface area contributed by atoms with Gasteiger partial charge in [-0.3, -0.25) is 4.79 Å². The van der Waals surface area contributed by atoms with Crippen LogP contribution in [-0.4, -0.2) is 15.8 Å². The standard InChI is InChI=1S/C15H15ClN2O3/c1-8(17-15(20)21)12-7-9-3-2-4-11(16)13(9)14(19)18(12)10-5-6-10/h2-4,7-8,10,17H,5-6H2,1H3,(H,20,21). The molecule has 1 atom stereocenters. The summed E-state index contributed by atoms with van der Waals surface area (Å²) < 4.78 is 1.69. The second kappa shape index (κ2) is 5.07. The number of carbonyl (C=O) groups is 1. The first-order chi connectivity index (χ1) is 9.99. The molecule has 0 aliphatic heterocycles. The first-order valence-electron chi connectivity index (χ1n) is 6.82. The number of hydrogen-bond donors (Lipinski definition) is 2. The normalized spacial score (nSPS) is 15.9. The van der Waals surface area contributed by atoms with Gasteiger partial charge in [0.15, 0.2) is 0 Å². The van der Waals surface area contributed by atoms with Gasteiger partial charge in [-0.05, 0) is 37.3 Å². The smallest absolute Gasteiger partial charge is 0.405 e. The molecule has 2 N–H and O–H groups in total. The molecule has 1 amide bonds. The summed E-state index contributed by atoms with van der Waals surface area (Å²) in [5.41, 5.74) is 0.536. The van der Waals surface area contributed by atoms with E-state index in [4.69, 9.17) is 16.7 Å². The first-order valence-corrected chi connectivity index (χ1v) is 7.20. The fourth-order valence-corrected chi connectivity index (χ4v) is 2.92. The van der Waals surface area contributed by atoms with Crippen LogP contribution in [0.4, 0.5) is 4.79 Å². The lowest BCUT2D eigenvalue weighted by Crippen LogP contribution is -2.31. The number of aromatic nitrogens is 1. The Morgan fingerprint density at radius 3 is 2.81 bits per heavy atom. The van der Waals surface area contributed by atoms with Gasteiger partial charge < -0.3 is 15.0 Å². The van der Waals surface area contributed by atoms with E-state index in [9.17, 15) is 9.59 Å². The molecular weight excluding hydrogens is 292 g/mol. The SMILES string of the molecule is CC(NC(=O)O)c1cc2cccc(Cl)c2c(=O)n1C1CC1. The molecule has 110 valence electrons. The molecule has 5 nitrogen and oxygen atoms in total. The van der Waals surface area contributed by atoms with E-state index in [1.54, 1.807) is 23.6 Å². The van der Waals surface area contributed by atoms with E-state index in [1.807, 2.05) is 12.1 Å². The summed E-state index contributed by atoms with van der Waals surface area (Å²) in [7, 11) is 0. The third-order valence-electron chi connectivity index (χ3n) is 3.76. The van der Waals surface area contributed by atoms with Crippen molar-refractivity contribution in [3.8, 4) is 0 Å². The van der Waals surface area contributed by atoms with Crippen LogP contribution in [0, 0.1) is 0 Å². The highest BCUT2D eigenvalue weighted by atomic mass is 35.5. The van der Waals surface area contributed by atoms with Crippen molar-refractivity contribution in [2.45, 2.75) is 31.8 Å². The number of rotatable bonds is 3. The van der Waals surface area contributed by atoms with Crippen molar-refractivity contribution >= 4 is 28.5 Å². The Morgan fingerprint density at radius 2 is 2.19 bits per heavy atom. The quantitative estimate of drug-likeness (QED) is 0.913. The molecule has 0 saturated heterocycles. The van der Waals surface area contributed by atoms with Crippen LogP contribution in [0.15, 0.2) is 29.1 Å². The van der Waals surface area contributed by atoms with E-state index in [0.29, 0.717) is 16.1 Å². The number of amides is 1. The van der Waals surface area contributed by atoms with Crippen molar-refractivity contribution in [1.29, 1.82) is 0 Å². The highest BCUT2D eigenvalue weighted by molar-refractivity contribution is 6.35. The number of nitrogens with one attached hydrogen (secondary N) is 1. The minimum atomic E-state index is -1.11. The van der Waals surface area contributed by atoms with E-state index < -0.39 is 12.1 Å². The average Bonchev–Trinajstić information content (AvgIpc) is 3.21. The van der Waals surface area contributed by atoms with Crippen LogP contribution in [0.1, 0.15) is 37.5 Å². The Kier molecular flexibility index (Phi) is 3.37. The fraction of sp³-hybridized carbons (Fsp3) is 0.333. The van der Waals surface area contributed by atoms with Crippen molar-refractivity contribution in [2.24, 2.45) is 0 Å². The lowest BCUT2D eigenvalue weighted by atomic mass is 10.1. The molecule has 1 saturated carbocycles. The summed E-state index contributed by atoms with van der Waals surface area (Å²) in [6, 6.07) is 6.83. The number of benzene rings is 1. The largest absolute Gasteiger partial charge is 0.465 e. The molecule has 0 radical (unpaired) electrons. The maximum absolute atomic E-state index is 12.7. The van der Waals surface area contributed by atoms with E-state index in [1.165, 1.54) is 0 Å². The molecule has 3 rings (SSSR count). The minimum Gasteiger partial charge on any atom is -0.465 e. The van der Waals surface area contributed by atoms with Crippen LogP contribution in [0.3, 0.4) is 0 Å². The van der Waals surface area contributed by atoms with Crippen LogP contribution in [0.5, 0.6) is 0 Å². The van der Waals surface area contributed by atoms with Gasteiger partial charge in [0.05, 0.1) is 16.5 Å². The number of hydrogen-bond acceptors (Lipinski definition) is 2. The molecular formula is C15H15ClN2O3. The number of halogens is 1. The number of pyridine rings is 1. The highest BCUT2D eigenvalue weighted by Gasteiger charge is 2.29. The molecule has 1 heterocycles. The summed E-state index contributed by atoms with van der Waals surface area (Å²) >= 11 is 6.15. The Labute approximate surface area is 126 Å². The molecule has 1 aliphatic carbocycles. The van der Waals surface area contributed by atoms with Gasteiger partial charge in [0, 0.05) is 11.7 Å². The molecule has 21 heavy (non-hydrogen) atoms. The summed E-state index contributed by atoms with van der Waals surface area (Å²) in [4.78, 5) is 23.6. The summed E-state index contributed by atoms with van der Waals surface area (Å²) in [5, 5.41) is 13.0. The van der Waals surface area contributed by atoms with Crippen molar-refractivity contribution in [3.05, 3.63) is 45.3 Å². The van der Waals surface area contributed by atoms with Crippen LogP contribution >= 0.6 is 11.6 Å². The zero-order valence-electron chi connectivity index (χ0n) is 11.5. The van der Waals surface area contributed by atoms with Gasteiger partial charge in [-0.1, -0.05) is 23.7 Å². The maximum Gasteiger partial charge on any atom is 0.405 e. The lowest BCUT2D eigenvalue weighted by molar-refractivity contribution is 0.190. The van der Waals surface area contributed by atoms with Gasteiger partial charge in [-0.15, -0.1) is 0 Å². The predicted molar refractivity (Wildman–Crippen MR) is 81.1 cm³/mol. The fourth-order valence-electron chi connectivity index (χ4n) is 2.66. The Bertz CT molecular complexity index is 780. The summed E-state index contributed by atoms with van der Waals surface area (Å²) in [6.07, 6.45) is 0.759. The monoisotopic (exact) mass is 306 g/mol. The Morgan fingerprint density at radius 1 is 1.48 bits per heavy atom. The van der Waals surface area contributed by atoms with E-state index in [-0.39, 0.29) is 11.6 Å². The van der Waals surface area contributed by atoms with E-state index in [0.717, 1.165) is 18.2 Å². The van der Waals surface area contributed by atoms with Gasteiger partial charge >= 0.3 is 6.09 Å². The van der Waals surface area contributed by atoms with Gasteiger partial charge in [0.25, 0.3) is 5.56 Å². The topological polar surface area (TPSA) is 71.3 Å². The van der Waals surface area contributed by atoms with Gasteiger partial charge in [0.2, 0.25) is 0 Å². The average molecular weight is 307 g/mol. The first kappa shape index (κ1) is 13.9. The van der Waals surface area contributed by atoms with Gasteiger partial charge in [-0.2, -0.15) is 0 Å². The van der Waals surface area contributed by atoms with Gasteiger partial charge in [0.1, 0.15) is 0 Å². The second-order valence-corrected chi connectivity index (χ2v) is 5.76. The van der Waals surface area contributed by atoms with Crippen LogP contribution in [0.2, 0.25) is 5.02 Å². The van der Waals surface area contributed by atoms with Crippen molar-refractivity contribution in [2.75, 3.05) is 0 Å². The van der Waals surface area contributed by atoms with Crippen LogP contribution < -0.4 is 10.9 Å². The zero-order chi connectivity index (χ0) is 15.1. The molecule has 6 heteroatoms. The number of fused-ring (bicyclic) bond motifs is 1. The molecule has 1 unspecified atom stereocenters. The summed E-state index contributed by atoms with van der Waals surface area (Å²) in [5.74, 6) is 0. The van der Waals surface area contributed by atoms with Gasteiger partial charge in [-0.25, -0.2) is 4.79 Å². The second-order valence-electron chi connectivity index (χ2n) is 5.35. The number of nitrogens with zero attached hydrogens (tertiary/aromatic N) is 1. The van der Waals surface area contributed by atoms with E-state index in [2.05, 4.69) is 5.32 Å². The Hall–Kier alpha value is -2.01.